The highest BCUT2D eigenvalue weighted by Crippen LogP contribution is 2.39. The van der Waals surface area contributed by atoms with E-state index in [9.17, 15) is 14.7 Å². The summed E-state index contributed by atoms with van der Waals surface area (Å²) in [5.41, 5.74) is 3.65. The summed E-state index contributed by atoms with van der Waals surface area (Å²) in [6, 6.07) is 6.73. The number of aliphatic imine (C=N–C) groups is 1. The molecule has 3 aromatic rings. The third-order valence-electron chi connectivity index (χ3n) is 5.17. The molecule has 0 saturated carbocycles. The molecule has 3 heterocycles. The first-order valence-corrected chi connectivity index (χ1v) is 10.8. The number of amides is 1. The van der Waals surface area contributed by atoms with Gasteiger partial charge in [0.1, 0.15) is 16.9 Å². The molecule has 0 bridgehead atoms. The van der Waals surface area contributed by atoms with E-state index in [-0.39, 0.29) is 6.42 Å². The van der Waals surface area contributed by atoms with Gasteiger partial charge in [-0.1, -0.05) is 23.7 Å². The molecule has 1 amide bonds. The predicted octanol–water partition coefficient (Wildman–Crippen LogP) is 2.06. The summed E-state index contributed by atoms with van der Waals surface area (Å²) in [7, 11) is 0. The van der Waals surface area contributed by atoms with Gasteiger partial charge in [-0.3, -0.25) is 14.4 Å². The number of aliphatic carboxylic acids is 1. The Morgan fingerprint density at radius 1 is 1.19 bits per heavy atom. The average molecular weight is 457 g/mol. The summed E-state index contributed by atoms with van der Waals surface area (Å²) in [5.74, 6) is -0.594. The van der Waals surface area contributed by atoms with Gasteiger partial charge in [0.2, 0.25) is 5.91 Å². The molecule has 1 aromatic carbocycles. The van der Waals surface area contributed by atoms with Gasteiger partial charge in [0.25, 0.3) is 0 Å². The zero-order chi connectivity index (χ0) is 22.3. The number of carboxylic acid groups (broad SMARTS) is 1. The molecule has 2 aromatic heterocycles. The van der Waals surface area contributed by atoms with Crippen LogP contribution in [0, 0.1) is 20.8 Å². The molecule has 0 saturated heterocycles. The number of hydrogen-bond acceptors (Lipinski definition) is 7. The molecule has 160 valence electrons. The van der Waals surface area contributed by atoms with Crippen LogP contribution in [0.2, 0.25) is 5.02 Å². The molecule has 0 spiro atoms. The molecular formula is C21H19ClN5O3S-. The molecule has 1 N–H and O–H groups in total. The second kappa shape index (κ2) is 8.24. The highest BCUT2D eigenvalue weighted by atomic mass is 35.5. The highest BCUT2D eigenvalue weighted by Gasteiger charge is 2.32. The maximum atomic E-state index is 12.4. The Labute approximate surface area is 187 Å². The smallest absolute Gasteiger partial charge is 0.222 e. The molecule has 31 heavy (non-hydrogen) atoms. The fraction of sp³-hybridized carbons (Fsp3) is 0.286. The first-order valence-electron chi connectivity index (χ1n) is 9.59. The van der Waals surface area contributed by atoms with Crippen molar-refractivity contribution >= 4 is 40.5 Å². The minimum atomic E-state index is -1.35. The van der Waals surface area contributed by atoms with Crippen LogP contribution in [0.1, 0.15) is 45.7 Å². The van der Waals surface area contributed by atoms with Crippen molar-refractivity contribution in [3.8, 4) is 5.00 Å². The quantitative estimate of drug-likeness (QED) is 0.631. The molecule has 4 rings (SSSR count). The maximum Gasteiger partial charge on any atom is 0.222 e. The van der Waals surface area contributed by atoms with Crippen LogP contribution in [0.3, 0.4) is 0 Å². The lowest BCUT2D eigenvalue weighted by atomic mass is 9.99. The third kappa shape index (κ3) is 3.98. The number of aryl methyl sites for hydroxylation is 2. The van der Waals surface area contributed by atoms with Crippen molar-refractivity contribution in [3.05, 3.63) is 62.5 Å². The number of nitrogens with one attached hydrogen (secondary N) is 1. The number of rotatable bonds is 5. The summed E-state index contributed by atoms with van der Waals surface area (Å²) in [5, 5.41) is 23.1. The van der Waals surface area contributed by atoms with Crippen LogP contribution in [0.4, 0.5) is 0 Å². The summed E-state index contributed by atoms with van der Waals surface area (Å²) in [6.07, 6.45) is -0.0739. The van der Waals surface area contributed by atoms with E-state index in [1.807, 2.05) is 30.5 Å². The molecule has 8 nitrogen and oxygen atoms in total. The van der Waals surface area contributed by atoms with Crippen molar-refractivity contribution in [2.45, 2.75) is 33.2 Å². The van der Waals surface area contributed by atoms with Crippen LogP contribution in [-0.2, 0) is 9.59 Å². The largest absolute Gasteiger partial charge is 0.548 e. The Hall–Kier alpha value is -3.04. The number of carboxylic acids is 1. The number of carbonyl (C=O) groups excluding carboxylic acids is 2. The topological polar surface area (TPSA) is 112 Å². The number of nitrogens with zero attached hydrogens (tertiary/aromatic N) is 4. The molecule has 1 atom stereocenters. The normalized spacial score (nSPS) is 15.0. The summed E-state index contributed by atoms with van der Waals surface area (Å²) in [4.78, 5) is 29.2. The zero-order valence-electron chi connectivity index (χ0n) is 17.1. The number of hydrogen-bond donors (Lipinski definition) is 1. The molecule has 0 aliphatic carbocycles. The number of fused-ring (bicyclic) bond motifs is 3. The Morgan fingerprint density at radius 3 is 2.58 bits per heavy atom. The van der Waals surface area contributed by atoms with Crippen molar-refractivity contribution in [2.75, 3.05) is 6.54 Å². The van der Waals surface area contributed by atoms with Crippen LogP contribution >= 0.6 is 22.9 Å². The summed E-state index contributed by atoms with van der Waals surface area (Å²) in [6.45, 7) is 5.39. The SMILES string of the molecule is Cc1sc2c(c1C)C(c1ccc(Cl)cc1)=NC(CC(=O)NCC(=O)[O-])c1nnc(C)n1-2. The second-order valence-corrected chi connectivity index (χ2v) is 8.90. The lowest BCUT2D eigenvalue weighted by molar-refractivity contribution is -0.304. The molecule has 0 radical (unpaired) electrons. The lowest BCUT2D eigenvalue weighted by Gasteiger charge is -2.13. The van der Waals surface area contributed by atoms with Crippen LogP contribution < -0.4 is 10.4 Å². The molecule has 1 aliphatic heterocycles. The van der Waals surface area contributed by atoms with Gasteiger partial charge in [-0.05, 0) is 38.5 Å². The number of halogens is 1. The Balaban J connectivity index is 1.88. The molecule has 0 fully saturated rings. The highest BCUT2D eigenvalue weighted by molar-refractivity contribution is 7.15. The second-order valence-electron chi connectivity index (χ2n) is 7.26. The van der Waals surface area contributed by atoms with Gasteiger partial charge in [-0.15, -0.1) is 21.5 Å². The number of thiophene rings is 1. The minimum absolute atomic E-state index is 0.0739. The standard InChI is InChI=1S/C21H20ClN5O3S/c1-10-11(2)31-21-18(10)19(13-4-6-14(22)7-5-13)24-15(8-16(28)23-9-17(29)30)20-26-25-12(3)27(20)21/h4-7,15H,8-9H2,1-3H3,(H,23,28)(H,29,30)/p-1. The fourth-order valence-electron chi connectivity index (χ4n) is 3.55. The third-order valence-corrected chi connectivity index (χ3v) is 6.61. The Kier molecular flexibility index (Phi) is 5.63. The van der Waals surface area contributed by atoms with E-state index in [1.54, 1.807) is 23.5 Å². The number of aromatic nitrogens is 3. The van der Waals surface area contributed by atoms with Crippen molar-refractivity contribution in [2.24, 2.45) is 4.99 Å². The van der Waals surface area contributed by atoms with Crippen molar-refractivity contribution in [1.82, 2.24) is 20.1 Å². The van der Waals surface area contributed by atoms with Gasteiger partial charge >= 0.3 is 0 Å². The van der Waals surface area contributed by atoms with E-state index in [4.69, 9.17) is 16.6 Å². The van der Waals surface area contributed by atoms with E-state index in [1.165, 1.54) is 0 Å². The first-order chi connectivity index (χ1) is 14.8. The van der Waals surface area contributed by atoms with Crippen LogP contribution in [0.25, 0.3) is 5.00 Å². The van der Waals surface area contributed by atoms with Gasteiger partial charge in [-0.2, -0.15) is 0 Å². The van der Waals surface area contributed by atoms with Gasteiger partial charge < -0.3 is 15.2 Å². The molecular weight excluding hydrogens is 438 g/mol. The Bertz CT molecular complexity index is 1210. The van der Waals surface area contributed by atoms with Crippen molar-refractivity contribution in [1.29, 1.82) is 0 Å². The average Bonchev–Trinajstić information content (AvgIpc) is 3.19. The fourth-order valence-corrected chi connectivity index (χ4v) is 4.89. The Morgan fingerprint density at radius 2 is 1.90 bits per heavy atom. The van der Waals surface area contributed by atoms with E-state index in [0.29, 0.717) is 16.7 Å². The van der Waals surface area contributed by atoms with Gasteiger partial charge in [0.15, 0.2) is 5.82 Å². The van der Waals surface area contributed by atoms with E-state index < -0.39 is 24.5 Å². The number of benzene rings is 1. The van der Waals surface area contributed by atoms with Gasteiger partial charge in [-0.25, -0.2) is 0 Å². The summed E-state index contributed by atoms with van der Waals surface area (Å²) >= 11 is 7.70. The van der Waals surface area contributed by atoms with Crippen LogP contribution in [0.15, 0.2) is 29.3 Å². The van der Waals surface area contributed by atoms with Gasteiger partial charge in [0.05, 0.1) is 24.6 Å². The summed E-state index contributed by atoms with van der Waals surface area (Å²) < 4.78 is 1.93. The van der Waals surface area contributed by atoms with Gasteiger partial charge in [0, 0.05) is 21.0 Å². The molecule has 10 heteroatoms. The van der Waals surface area contributed by atoms with E-state index in [2.05, 4.69) is 22.4 Å². The molecule has 1 aliphatic rings. The van der Waals surface area contributed by atoms with Crippen LogP contribution in [-0.4, -0.2) is 38.9 Å². The minimum Gasteiger partial charge on any atom is -0.548 e. The lowest BCUT2D eigenvalue weighted by Crippen LogP contribution is -2.38. The number of carbonyl (C=O) groups is 2. The van der Waals surface area contributed by atoms with Crippen LogP contribution in [0.5, 0.6) is 0 Å². The molecule has 1 unspecified atom stereocenters. The predicted molar refractivity (Wildman–Crippen MR) is 116 cm³/mol. The van der Waals surface area contributed by atoms with E-state index >= 15 is 0 Å². The zero-order valence-corrected chi connectivity index (χ0v) is 18.7. The monoisotopic (exact) mass is 456 g/mol. The van der Waals surface area contributed by atoms with E-state index in [0.717, 1.165) is 32.3 Å². The maximum absolute atomic E-state index is 12.4. The van der Waals surface area contributed by atoms with Crippen molar-refractivity contribution < 1.29 is 14.7 Å². The first kappa shape index (κ1) is 21.2. The van der Waals surface area contributed by atoms with Crippen molar-refractivity contribution in [3.63, 3.8) is 0 Å².